The highest BCUT2D eigenvalue weighted by Gasteiger charge is 2.20. The lowest BCUT2D eigenvalue weighted by Crippen LogP contribution is -2.15. The van der Waals surface area contributed by atoms with Gasteiger partial charge in [0.15, 0.2) is 5.82 Å². The van der Waals surface area contributed by atoms with E-state index < -0.39 is 5.82 Å². The average Bonchev–Trinajstić information content (AvgIpc) is 3.28. The Balaban J connectivity index is 1.89. The first kappa shape index (κ1) is 15.3. The van der Waals surface area contributed by atoms with Gasteiger partial charge in [0, 0.05) is 33.2 Å². The van der Waals surface area contributed by atoms with Gasteiger partial charge < -0.3 is 5.32 Å². The van der Waals surface area contributed by atoms with Gasteiger partial charge in [0.25, 0.3) is 0 Å². The van der Waals surface area contributed by atoms with Gasteiger partial charge in [-0.2, -0.15) is 0 Å². The zero-order chi connectivity index (χ0) is 15.0. The third-order valence-corrected chi connectivity index (χ3v) is 5.10. The van der Waals surface area contributed by atoms with Crippen molar-refractivity contribution in [1.82, 2.24) is 5.32 Å². The Kier molecular flexibility index (Phi) is 4.55. The predicted octanol–water partition coefficient (Wildman–Crippen LogP) is 5.81. The molecule has 21 heavy (non-hydrogen) atoms. The summed E-state index contributed by atoms with van der Waals surface area (Å²) in [6.45, 7) is 0.786. The predicted molar refractivity (Wildman–Crippen MR) is 89.4 cm³/mol. The van der Waals surface area contributed by atoms with Crippen molar-refractivity contribution in [2.24, 2.45) is 0 Å². The van der Waals surface area contributed by atoms with Crippen LogP contribution < -0.4 is 5.32 Å². The van der Waals surface area contributed by atoms with Crippen LogP contribution in [0.4, 0.5) is 4.39 Å². The van der Waals surface area contributed by atoms with Crippen molar-refractivity contribution < 1.29 is 4.39 Å². The Labute approximate surface area is 141 Å². The first-order valence-corrected chi connectivity index (χ1v) is 8.27. The maximum atomic E-state index is 14.3. The van der Waals surface area contributed by atoms with Gasteiger partial charge in [0.1, 0.15) is 0 Å². The number of hydrogen-bond acceptors (Lipinski definition) is 1. The van der Waals surface area contributed by atoms with Gasteiger partial charge in [-0.3, -0.25) is 0 Å². The molecule has 0 aliphatic heterocycles. The van der Waals surface area contributed by atoms with Crippen LogP contribution in [0.5, 0.6) is 0 Å². The molecule has 110 valence electrons. The summed E-state index contributed by atoms with van der Waals surface area (Å²) in [4.78, 5) is 0. The topological polar surface area (TPSA) is 12.0 Å². The molecule has 0 aromatic heterocycles. The Hall–Kier alpha value is -0.610. The molecule has 3 rings (SSSR count). The first-order valence-electron chi connectivity index (χ1n) is 6.72. The zero-order valence-electron chi connectivity index (χ0n) is 11.1. The van der Waals surface area contributed by atoms with Crippen molar-refractivity contribution >= 4 is 39.1 Å². The highest BCUT2D eigenvalue weighted by Crippen LogP contribution is 2.36. The van der Waals surface area contributed by atoms with Gasteiger partial charge in [-0.1, -0.05) is 41.4 Å². The molecule has 1 saturated carbocycles. The summed E-state index contributed by atoms with van der Waals surface area (Å²) in [7, 11) is 0. The van der Waals surface area contributed by atoms with E-state index in [1.54, 1.807) is 12.1 Å². The molecule has 0 amide bonds. The standard InChI is InChI=1S/C16H13BrCl2FN/c17-13-6-5-12(16(20)15(13)19)11-4-1-9(7-14(11)18)8-21-10-2-3-10/h1,4-7,10,21H,2-3,8H2. The number of benzene rings is 2. The molecule has 0 heterocycles. The van der Waals surface area contributed by atoms with Crippen molar-refractivity contribution in [2.75, 3.05) is 0 Å². The van der Waals surface area contributed by atoms with Crippen LogP contribution in [0.3, 0.4) is 0 Å². The van der Waals surface area contributed by atoms with Crippen LogP contribution >= 0.6 is 39.1 Å². The van der Waals surface area contributed by atoms with E-state index in [-0.39, 0.29) is 5.02 Å². The summed E-state index contributed by atoms with van der Waals surface area (Å²) in [5.41, 5.74) is 2.16. The molecule has 0 atom stereocenters. The quantitative estimate of drug-likeness (QED) is 0.651. The first-order chi connectivity index (χ1) is 10.1. The van der Waals surface area contributed by atoms with Gasteiger partial charge in [-0.05, 0) is 46.5 Å². The molecule has 0 unspecified atom stereocenters. The number of halogens is 4. The lowest BCUT2D eigenvalue weighted by atomic mass is 10.0. The molecule has 1 nitrogen and oxygen atoms in total. The van der Waals surface area contributed by atoms with Crippen molar-refractivity contribution in [3.05, 3.63) is 56.2 Å². The van der Waals surface area contributed by atoms with Gasteiger partial charge in [0.2, 0.25) is 0 Å². The molecular weight excluding hydrogens is 376 g/mol. The van der Waals surface area contributed by atoms with Crippen molar-refractivity contribution in [1.29, 1.82) is 0 Å². The number of hydrogen-bond donors (Lipinski definition) is 1. The van der Waals surface area contributed by atoms with Crippen LogP contribution in [0.25, 0.3) is 11.1 Å². The molecule has 5 heteroatoms. The van der Waals surface area contributed by atoms with Crippen LogP contribution in [-0.4, -0.2) is 6.04 Å². The minimum atomic E-state index is -0.461. The van der Waals surface area contributed by atoms with E-state index in [0.29, 0.717) is 26.7 Å². The third kappa shape index (κ3) is 3.42. The van der Waals surface area contributed by atoms with Gasteiger partial charge in [0.05, 0.1) is 5.02 Å². The summed E-state index contributed by atoms with van der Waals surface area (Å²) in [5, 5.41) is 4.03. The molecule has 2 aromatic rings. The number of nitrogens with one attached hydrogen (secondary N) is 1. The second-order valence-electron chi connectivity index (χ2n) is 5.19. The lowest BCUT2D eigenvalue weighted by Gasteiger charge is -2.10. The summed E-state index contributed by atoms with van der Waals surface area (Å²) in [6, 6.07) is 9.72. The minimum Gasteiger partial charge on any atom is -0.310 e. The van der Waals surface area contributed by atoms with E-state index in [1.165, 1.54) is 12.8 Å². The van der Waals surface area contributed by atoms with Crippen LogP contribution in [0.2, 0.25) is 10.0 Å². The van der Waals surface area contributed by atoms with E-state index in [4.69, 9.17) is 23.2 Å². The van der Waals surface area contributed by atoms with E-state index in [0.717, 1.165) is 12.1 Å². The molecule has 0 bridgehead atoms. The normalized spacial score (nSPS) is 14.5. The maximum absolute atomic E-state index is 14.3. The van der Waals surface area contributed by atoms with E-state index in [2.05, 4.69) is 21.2 Å². The summed E-state index contributed by atoms with van der Waals surface area (Å²) in [6.07, 6.45) is 2.49. The van der Waals surface area contributed by atoms with Gasteiger partial charge in [-0.15, -0.1) is 0 Å². The van der Waals surface area contributed by atoms with Crippen molar-refractivity contribution in [3.8, 4) is 11.1 Å². The zero-order valence-corrected chi connectivity index (χ0v) is 14.2. The fraction of sp³-hybridized carbons (Fsp3) is 0.250. The fourth-order valence-corrected chi connectivity index (χ4v) is 2.95. The molecule has 1 aliphatic carbocycles. The Morgan fingerprint density at radius 2 is 1.86 bits per heavy atom. The number of rotatable bonds is 4. The molecule has 0 saturated heterocycles. The largest absolute Gasteiger partial charge is 0.310 e. The van der Waals surface area contributed by atoms with Crippen LogP contribution in [-0.2, 0) is 6.54 Å². The van der Waals surface area contributed by atoms with Crippen molar-refractivity contribution in [3.63, 3.8) is 0 Å². The van der Waals surface area contributed by atoms with E-state index >= 15 is 0 Å². The SMILES string of the molecule is Fc1c(-c2ccc(CNC3CC3)cc2Cl)ccc(Br)c1Cl. The van der Waals surface area contributed by atoms with Gasteiger partial charge >= 0.3 is 0 Å². The van der Waals surface area contributed by atoms with Crippen molar-refractivity contribution in [2.45, 2.75) is 25.4 Å². The Bertz CT molecular complexity index is 686. The molecule has 0 spiro atoms. The third-order valence-electron chi connectivity index (χ3n) is 3.53. The summed E-state index contributed by atoms with van der Waals surface area (Å²) < 4.78 is 14.8. The van der Waals surface area contributed by atoms with Crippen LogP contribution in [0.15, 0.2) is 34.8 Å². The second-order valence-corrected chi connectivity index (χ2v) is 6.83. The highest BCUT2D eigenvalue weighted by atomic mass is 79.9. The Morgan fingerprint density at radius 3 is 2.52 bits per heavy atom. The molecule has 1 aliphatic rings. The minimum absolute atomic E-state index is 0.0723. The molecule has 0 radical (unpaired) electrons. The van der Waals surface area contributed by atoms with E-state index in [9.17, 15) is 4.39 Å². The average molecular weight is 389 g/mol. The van der Waals surface area contributed by atoms with Crippen LogP contribution in [0, 0.1) is 5.82 Å². The van der Waals surface area contributed by atoms with Crippen LogP contribution in [0.1, 0.15) is 18.4 Å². The smallest absolute Gasteiger partial charge is 0.150 e. The van der Waals surface area contributed by atoms with Gasteiger partial charge in [-0.25, -0.2) is 4.39 Å². The molecule has 1 N–H and O–H groups in total. The highest BCUT2D eigenvalue weighted by molar-refractivity contribution is 9.10. The molecular formula is C16H13BrCl2FN. The molecule has 2 aromatic carbocycles. The fourth-order valence-electron chi connectivity index (χ4n) is 2.17. The Morgan fingerprint density at radius 1 is 1.14 bits per heavy atom. The second kappa shape index (κ2) is 6.25. The summed E-state index contributed by atoms with van der Waals surface area (Å²) >= 11 is 15.5. The summed E-state index contributed by atoms with van der Waals surface area (Å²) in [5.74, 6) is -0.461. The molecule has 1 fully saturated rings. The van der Waals surface area contributed by atoms with E-state index in [1.807, 2.05) is 18.2 Å². The lowest BCUT2D eigenvalue weighted by molar-refractivity contribution is 0.631. The monoisotopic (exact) mass is 387 g/mol. The maximum Gasteiger partial charge on any atom is 0.150 e.